The third-order valence-corrected chi connectivity index (χ3v) is 4.02. The predicted octanol–water partition coefficient (Wildman–Crippen LogP) is 1.27. The lowest BCUT2D eigenvalue weighted by molar-refractivity contribution is -0.142. The van der Waals surface area contributed by atoms with Crippen molar-refractivity contribution in [3.05, 3.63) is 60.2 Å². The van der Waals surface area contributed by atoms with Gasteiger partial charge in [-0.1, -0.05) is 30.3 Å². The van der Waals surface area contributed by atoms with E-state index in [1.165, 1.54) is 0 Å². The van der Waals surface area contributed by atoms with Crippen molar-refractivity contribution >= 4 is 17.8 Å². The Bertz CT molecular complexity index is 836. The normalized spacial score (nSPS) is 11.2. The fraction of sp³-hybridized carbons (Fsp3) is 0.286. The maximum Gasteiger partial charge on any atom is 0.326 e. The van der Waals surface area contributed by atoms with Crippen LogP contribution in [0.1, 0.15) is 18.4 Å². The van der Waals surface area contributed by atoms with Gasteiger partial charge in [0.15, 0.2) is 12.6 Å². The first-order valence-electron chi connectivity index (χ1n) is 9.41. The number of benzene rings is 2. The average molecular weight is 414 g/mol. The molecule has 1 amide bonds. The van der Waals surface area contributed by atoms with Crippen molar-refractivity contribution in [1.82, 2.24) is 5.32 Å². The number of carboxylic acids is 1. The van der Waals surface area contributed by atoms with E-state index in [1.807, 2.05) is 30.3 Å². The van der Waals surface area contributed by atoms with Crippen LogP contribution < -0.4 is 26.3 Å². The van der Waals surface area contributed by atoms with Crippen molar-refractivity contribution in [3.8, 4) is 11.5 Å². The van der Waals surface area contributed by atoms with Crippen molar-refractivity contribution < 1.29 is 24.2 Å². The molecular weight excluding hydrogens is 388 g/mol. The zero-order valence-corrected chi connectivity index (χ0v) is 16.5. The first-order chi connectivity index (χ1) is 14.4. The van der Waals surface area contributed by atoms with Gasteiger partial charge in [0, 0.05) is 6.54 Å². The third kappa shape index (κ3) is 8.51. The van der Waals surface area contributed by atoms with Crippen molar-refractivity contribution in [2.45, 2.75) is 25.5 Å². The van der Waals surface area contributed by atoms with Gasteiger partial charge in [-0.05, 0) is 42.7 Å². The summed E-state index contributed by atoms with van der Waals surface area (Å²) in [6.07, 6.45) is 0.617. The summed E-state index contributed by atoms with van der Waals surface area (Å²) in [5.41, 5.74) is 11.5. The smallest absolute Gasteiger partial charge is 0.326 e. The number of aliphatic carboxylic acids is 1. The monoisotopic (exact) mass is 414 g/mol. The third-order valence-electron chi connectivity index (χ3n) is 4.02. The molecule has 9 nitrogen and oxygen atoms in total. The number of carboxylic acid groups (broad SMARTS) is 1. The summed E-state index contributed by atoms with van der Waals surface area (Å²) in [6.45, 7) is 0.433. The number of carbonyl (C=O) groups is 2. The molecule has 0 radical (unpaired) electrons. The molecule has 9 heteroatoms. The molecule has 0 aliphatic carbocycles. The number of hydrogen-bond donors (Lipinski definition) is 4. The van der Waals surface area contributed by atoms with E-state index >= 15 is 0 Å². The van der Waals surface area contributed by atoms with Crippen LogP contribution in [0, 0.1) is 0 Å². The highest BCUT2D eigenvalue weighted by molar-refractivity contribution is 5.84. The van der Waals surface area contributed by atoms with Crippen LogP contribution in [0.3, 0.4) is 0 Å². The van der Waals surface area contributed by atoms with Gasteiger partial charge in [-0.2, -0.15) is 0 Å². The van der Waals surface area contributed by atoms with Gasteiger partial charge in [0.2, 0.25) is 0 Å². The van der Waals surface area contributed by atoms with Crippen molar-refractivity contribution in [2.75, 3.05) is 13.2 Å². The maximum absolute atomic E-state index is 12.0. The molecule has 6 N–H and O–H groups in total. The molecule has 0 fully saturated rings. The molecule has 2 aromatic rings. The Morgan fingerprint density at radius 2 is 1.63 bits per heavy atom. The molecule has 0 saturated carbocycles. The SMILES string of the molecule is NC(N)=NCCCC(NC(=O)COc1ccc(OCc2ccccc2)cc1)C(=O)O. The highest BCUT2D eigenvalue weighted by Crippen LogP contribution is 2.18. The molecule has 0 spiro atoms. The summed E-state index contributed by atoms with van der Waals surface area (Å²) in [5, 5.41) is 11.7. The first kappa shape index (κ1) is 22.5. The van der Waals surface area contributed by atoms with Gasteiger partial charge >= 0.3 is 5.97 Å². The van der Waals surface area contributed by atoms with E-state index in [0.29, 0.717) is 24.5 Å². The Kier molecular flexibility index (Phi) is 8.98. The molecule has 2 aromatic carbocycles. The molecule has 1 atom stereocenters. The number of carbonyl (C=O) groups excluding carboxylic acids is 1. The van der Waals surface area contributed by atoms with Gasteiger partial charge < -0.3 is 31.4 Å². The van der Waals surface area contributed by atoms with Gasteiger partial charge in [-0.25, -0.2) is 4.79 Å². The van der Waals surface area contributed by atoms with Crippen molar-refractivity contribution in [3.63, 3.8) is 0 Å². The van der Waals surface area contributed by atoms with Crippen LogP contribution in [0.25, 0.3) is 0 Å². The van der Waals surface area contributed by atoms with Crippen LogP contribution >= 0.6 is 0 Å². The number of nitrogens with zero attached hydrogens (tertiary/aromatic N) is 1. The fourth-order valence-corrected chi connectivity index (χ4v) is 2.52. The molecule has 1 unspecified atom stereocenters. The molecule has 0 bridgehead atoms. The highest BCUT2D eigenvalue weighted by Gasteiger charge is 2.19. The lowest BCUT2D eigenvalue weighted by Gasteiger charge is -2.14. The average Bonchev–Trinajstić information content (AvgIpc) is 2.74. The molecule has 0 saturated heterocycles. The largest absolute Gasteiger partial charge is 0.489 e. The molecule has 160 valence electrons. The van der Waals surface area contributed by atoms with Crippen LogP contribution in [0.4, 0.5) is 0 Å². The van der Waals surface area contributed by atoms with Gasteiger partial charge in [0.1, 0.15) is 24.1 Å². The molecule has 30 heavy (non-hydrogen) atoms. The van der Waals surface area contributed by atoms with E-state index in [9.17, 15) is 14.7 Å². The van der Waals surface area contributed by atoms with E-state index in [4.69, 9.17) is 20.9 Å². The summed E-state index contributed by atoms with van der Waals surface area (Å²) in [6, 6.07) is 15.6. The quantitative estimate of drug-likeness (QED) is 0.232. The van der Waals surface area contributed by atoms with E-state index in [-0.39, 0.29) is 25.5 Å². The molecule has 0 heterocycles. The molecule has 0 aliphatic rings. The Hall–Kier alpha value is -3.75. The van der Waals surface area contributed by atoms with Gasteiger partial charge in [-0.3, -0.25) is 9.79 Å². The number of amides is 1. The summed E-state index contributed by atoms with van der Waals surface area (Å²) >= 11 is 0. The minimum Gasteiger partial charge on any atom is -0.489 e. The van der Waals surface area contributed by atoms with Crippen LogP contribution in [-0.2, 0) is 16.2 Å². The highest BCUT2D eigenvalue weighted by atomic mass is 16.5. The fourth-order valence-electron chi connectivity index (χ4n) is 2.52. The summed E-state index contributed by atoms with van der Waals surface area (Å²) < 4.78 is 11.1. The molecule has 0 aliphatic heterocycles. The lowest BCUT2D eigenvalue weighted by atomic mass is 10.1. The number of ether oxygens (including phenoxy) is 2. The van der Waals surface area contributed by atoms with Crippen LogP contribution in [0.5, 0.6) is 11.5 Å². The van der Waals surface area contributed by atoms with Crippen LogP contribution in [0.15, 0.2) is 59.6 Å². The number of rotatable bonds is 12. The summed E-state index contributed by atoms with van der Waals surface area (Å²) in [7, 11) is 0. The number of guanidine groups is 1. The van der Waals surface area contributed by atoms with Crippen LogP contribution in [-0.4, -0.2) is 42.1 Å². The van der Waals surface area contributed by atoms with Gasteiger partial charge in [0.05, 0.1) is 0 Å². The Labute approximate surface area is 174 Å². The standard InChI is InChI=1S/C21H26N4O5/c22-21(23)24-12-4-7-18(20(27)28)25-19(26)14-30-17-10-8-16(9-11-17)29-13-15-5-2-1-3-6-15/h1-3,5-6,8-11,18H,4,7,12-14H2,(H,25,26)(H,27,28)(H4,22,23,24). The zero-order valence-electron chi connectivity index (χ0n) is 16.5. The second-order valence-corrected chi connectivity index (χ2v) is 6.44. The maximum atomic E-state index is 12.0. The van der Waals surface area contributed by atoms with Crippen LogP contribution in [0.2, 0.25) is 0 Å². The number of aliphatic imine (C=N–C) groups is 1. The van der Waals surface area contributed by atoms with Crippen molar-refractivity contribution in [1.29, 1.82) is 0 Å². The topological polar surface area (TPSA) is 149 Å². The van der Waals surface area contributed by atoms with Crippen molar-refractivity contribution in [2.24, 2.45) is 16.5 Å². The Morgan fingerprint density at radius 1 is 1.00 bits per heavy atom. The van der Waals surface area contributed by atoms with E-state index in [0.717, 1.165) is 5.56 Å². The minimum atomic E-state index is -1.13. The second-order valence-electron chi connectivity index (χ2n) is 6.44. The van der Waals surface area contributed by atoms with Gasteiger partial charge in [-0.15, -0.1) is 0 Å². The summed E-state index contributed by atoms with van der Waals surface area (Å²) in [5.74, 6) is -0.586. The molecule has 0 aromatic heterocycles. The lowest BCUT2D eigenvalue weighted by Crippen LogP contribution is -2.43. The van der Waals surface area contributed by atoms with E-state index < -0.39 is 17.9 Å². The summed E-state index contributed by atoms with van der Waals surface area (Å²) in [4.78, 5) is 27.1. The number of nitrogens with two attached hydrogens (primary N) is 2. The number of nitrogens with one attached hydrogen (secondary N) is 1. The zero-order chi connectivity index (χ0) is 21.8. The Morgan fingerprint density at radius 3 is 2.23 bits per heavy atom. The molecular formula is C21H26N4O5. The molecule has 2 rings (SSSR count). The first-order valence-corrected chi connectivity index (χ1v) is 9.41. The van der Waals surface area contributed by atoms with Gasteiger partial charge in [0.25, 0.3) is 5.91 Å². The minimum absolute atomic E-state index is 0.0594. The van der Waals surface area contributed by atoms with E-state index in [2.05, 4.69) is 10.3 Å². The number of hydrogen-bond acceptors (Lipinski definition) is 5. The van der Waals surface area contributed by atoms with E-state index in [1.54, 1.807) is 24.3 Å². The second kappa shape index (κ2) is 11.9. The Balaban J connectivity index is 1.74. The predicted molar refractivity (Wildman–Crippen MR) is 112 cm³/mol.